The fraction of sp³-hybridized carbons (Fsp3) is 0.267. The molecule has 192 valence electrons. The van der Waals surface area contributed by atoms with Gasteiger partial charge in [-0.25, -0.2) is 4.79 Å². The monoisotopic (exact) mass is 487 g/mol. The van der Waals surface area contributed by atoms with Crippen molar-refractivity contribution in [1.82, 2.24) is 4.98 Å². The SMILES string of the molecule is C=C.C=C(Nc1ccc(NC(=O)/N=C(N)\C=C(/C)C(C)(C)C)cc1)c1cc2cc(C)ccc2[nH]1.CC. The third kappa shape index (κ3) is 8.95. The quantitative estimate of drug-likeness (QED) is 0.166. The number of rotatable bonds is 5. The lowest BCUT2D eigenvalue weighted by Crippen LogP contribution is -2.17. The molecule has 0 aliphatic rings. The summed E-state index contributed by atoms with van der Waals surface area (Å²) in [5.74, 6) is 0.179. The van der Waals surface area contributed by atoms with Crippen LogP contribution >= 0.6 is 0 Å². The van der Waals surface area contributed by atoms with Crippen molar-refractivity contribution in [2.45, 2.75) is 48.5 Å². The first-order valence-electron chi connectivity index (χ1n) is 12.0. The number of aromatic amines is 1. The van der Waals surface area contributed by atoms with E-state index < -0.39 is 6.03 Å². The van der Waals surface area contributed by atoms with Gasteiger partial charge in [-0.1, -0.05) is 58.4 Å². The van der Waals surface area contributed by atoms with Gasteiger partial charge in [0.15, 0.2) is 0 Å². The van der Waals surface area contributed by atoms with Gasteiger partial charge in [-0.3, -0.25) is 0 Å². The van der Waals surface area contributed by atoms with Crippen molar-refractivity contribution >= 4 is 39.8 Å². The zero-order valence-corrected chi connectivity index (χ0v) is 22.8. The summed E-state index contributed by atoms with van der Waals surface area (Å²) in [6.45, 7) is 24.4. The Hall–Kier alpha value is -4.06. The minimum atomic E-state index is -0.515. The smallest absolute Gasteiger partial charge is 0.347 e. The third-order valence-corrected chi connectivity index (χ3v) is 5.31. The van der Waals surface area contributed by atoms with Gasteiger partial charge >= 0.3 is 6.03 Å². The van der Waals surface area contributed by atoms with Crippen LogP contribution in [0.5, 0.6) is 0 Å². The van der Waals surface area contributed by atoms with Crippen molar-refractivity contribution in [2.24, 2.45) is 16.1 Å². The number of amidine groups is 1. The van der Waals surface area contributed by atoms with Crippen LogP contribution in [-0.4, -0.2) is 16.9 Å². The Kier molecular flexibility index (Phi) is 11.4. The van der Waals surface area contributed by atoms with Gasteiger partial charge in [-0.15, -0.1) is 13.2 Å². The summed E-state index contributed by atoms with van der Waals surface area (Å²) in [4.78, 5) is 19.4. The molecule has 0 atom stereocenters. The van der Waals surface area contributed by atoms with E-state index in [2.05, 4.69) is 92.3 Å². The molecule has 0 saturated carbocycles. The second-order valence-electron chi connectivity index (χ2n) is 9.00. The van der Waals surface area contributed by atoms with E-state index >= 15 is 0 Å². The predicted octanol–water partition coefficient (Wildman–Crippen LogP) is 8.27. The molecular formula is C30H41N5O. The molecule has 6 nitrogen and oxygen atoms in total. The average Bonchev–Trinajstić information content (AvgIpc) is 3.25. The Morgan fingerprint density at radius 1 is 1.00 bits per heavy atom. The molecule has 0 radical (unpaired) electrons. The Balaban J connectivity index is 0.00000154. The zero-order chi connectivity index (χ0) is 27.5. The maximum absolute atomic E-state index is 12.2. The molecule has 3 aromatic rings. The average molecular weight is 488 g/mol. The summed E-state index contributed by atoms with van der Waals surface area (Å²) in [5.41, 5.74) is 12.3. The summed E-state index contributed by atoms with van der Waals surface area (Å²) in [6, 6.07) is 15.2. The molecule has 3 rings (SSSR count). The summed E-state index contributed by atoms with van der Waals surface area (Å²) in [7, 11) is 0. The molecule has 0 fully saturated rings. The minimum Gasteiger partial charge on any atom is -0.384 e. The van der Waals surface area contributed by atoms with Gasteiger partial charge in [-0.2, -0.15) is 4.99 Å². The van der Waals surface area contributed by atoms with E-state index in [1.165, 1.54) is 5.56 Å². The van der Waals surface area contributed by atoms with Crippen LogP contribution in [0.1, 0.15) is 52.8 Å². The highest BCUT2D eigenvalue weighted by Gasteiger charge is 2.13. The van der Waals surface area contributed by atoms with Crippen molar-refractivity contribution in [1.29, 1.82) is 0 Å². The Bertz CT molecular complexity index is 1220. The highest BCUT2D eigenvalue weighted by molar-refractivity contribution is 6.04. The van der Waals surface area contributed by atoms with E-state index in [1.54, 1.807) is 18.2 Å². The van der Waals surface area contributed by atoms with Crippen LogP contribution in [0.2, 0.25) is 0 Å². The number of aliphatic imine (C=N–C) groups is 1. The fourth-order valence-corrected chi connectivity index (χ4v) is 3.03. The van der Waals surface area contributed by atoms with E-state index in [-0.39, 0.29) is 11.3 Å². The van der Waals surface area contributed by atoms with Crippen molar-refractivity contribution in [3.8, 4) is 0 Å². The van der Waals surface area contributed by atoms with Crippen LogP contribution in [-0.2, 0) is 0 Å². The fourth-order valence-electron chi connectivity index (χ4n) is 3.03. The standard InChI is InChI=1S/C26H31N5O.C2H6.C2H4/c1-16-7-12-22-19(13-16)15-23(30-22)18(3)28-20-8-10-21(11-9-20)29-25(32)31-24(27)14-17(2)26(4,5)6;2*1-2/h7-15,28,30H,3H2,1-2,4-6H3,(H3,27,29,31,32);1-2H3;1-2H2/b17-14+;;. The maximum atomic E-state index is 12.2. The van der Waals surface area contributed by atoms with Gasteiger partial charge in [0.05, 0.1) is 11.4 Å². The van der Waals surface area contributed by atoms with E-state index in [0.29, 0.717) is 5.69 Å². The first kappa shape index (κ1) is 30.0. The number of amides is 2. The minimum absolute atomic E-state index is 0.0325. The van der Waals surface area contributed by atoms with Gasteiger partial charge in [0.25, 0.3) is 0 Å². The van der Waals surface area contributed by atoms with Crippen LogP contribution in [0.25, 0.3) is 16.6 Å². The number of hydrogen-bond donors (Lipinski definition) is 4. The lowest BCUT2D eigenvalue weighted by molar-refractivity contribution is 0.259. The molecule has 5 N–H and O–H groups in total. The zero-order valence-electron chi connectivity index (χ0n) is 22.8. The van der Waals surface area contributed by atoms with Crippen molar-refractivity contribution in [3.63, 3.8) is 0 Å². The number of fused-ring (bicyclic) bond motifs is 1. The molecule has 6 heteroatoms. The molecule has 1 heterocycles. The van der Waals surface area contributed by atoms with Crippen LogP contribution in [0.15, 0.2) is 84.9 Å². The lowest BCUT2D eigenvalue weighted by atomic mass is 9.87. The van der Waals surface area contributed by atoms with Crippen molar-refractivity contribution in [3.05, 3.63) is 91.2 Å². The number of hydrogen-bond acceptors (Lipinski definition) is 2. The van der Waals surface area contributed by atoms with Gasteiger partial charge in [-0.05, 0) is 67.8 Å². The molecule has 0 aliphatic heterocycles. The normalized spacial score (nSPS) is 11.5. The highest BCUT2D eigenvalue weighted by atomic mass is 16.2. The molecule has 1 aromatic heterocycles. The van der Waals surface area contributed by atoms with Crippen molar-refractivity contribution in [2.75, 3.05) is 10.6 Å². The number of anilines is 2. The first-order chi connectivity index (χ1) is 17.0. The van der Waals surface area contributed by atoms with E-state index in [4.69, 9.17) is 5.73 Å². The number of carbonyl (C=O) groups excluding carboxylic acids is 1. The first-order valence-corrected chi connectivity index (χ1v) is 12.0. The van der Waals surface area contributed by atoms with Crippen LogP contribution in [0, 0.1) is 12.3 Å². The second kappa shape index (κ2) is 13.7. The number of aryl methyl sites for hydroxylation is 1. The van der Waals surface area contributed by atoms with Gasteiger partial charge in [0.2, 0.25) is 0 Å². The molecule has 0 spiro atoms. The van der Waals surface area contributed by atoms with Crippen LogP contribution in [0.4, 0.5) is 16.2 Å². The third-order valence-electron chi connectivity index (χ3n) is 5.31. The topological polar surface area (TPSA) is 95.3 Å². The number of carbonyl (C=O) groups is 1. The number of urea groups is 1. The number of allylic oxidation sites excluding steroid dienone is 1. The lowest BCUT2D eigenvalue weighted by Gasteiger charge is -2.19. The molecule has 0 aliphatic carbocycles. The molecule has 2 amide bonds. The van der Waals surface area contributed by atoms with E-state index in [9.17, 15) is 4.79 Å². The molecule has 2 aromatic carbocycles. The summed E-state index contributed by atoms with van der Waals surface area (Å²) in [6.07, 6.45) is 1.73. The molecule has 0 bridgehead atoms. The van der Waals surface area contributed by atoms with Crippen LogP contribution in [0.3, 0.4) is 0 Å². The Morgan fingerprint density at radius 3 is 2.11 bits per heavy atom. The largest absolute Gasteiger partial charge is 0.384 e. The maximum Gasteiger partial charge on any atom is 0.347 e. The number of aromatic nitrogens is 1. The number of benzene rings is 2. The van der Waals surface area contributed by atoms with E-state index in [0.717, 1.165) is 33.6 Å². The van der Waals surface area contributed by atoms with Crippen molar-refractivity contribution < 1.29 is 4.79 Å². The highest BCUT2D eigenvalue weighted by Crippen LogP contribution is 2.25. The summed E-state index contributed by atoms with van der Waals surface area (Å²) in [5, 5.41) is 7.16. The summed E-state index contributed by atoms with van der Waals surface area (Å²) < 4.78 is 0. The summed E-state index contributed by atoms with van der Waals surface area (Å²) >= 11 is 0. The molecule has 0 unspecified atom stereocenters. The number of nitrogens with two attached hydrogens (primary N) is 1. The van der Waals surface area contributed by atoms with Gasteiger partial charge in [0, 0.05) is 22.3 Å². The molecule has 36 heavy (non-hydrogen) atoms. The van der Waals surface area contributed by atoms with Gasteiger partial charge < -0.3 is 21.4 Å². The molecular weight excluding hydrogens is 446 g/mol. The number of nitrogens with zero attached hydrogens (tertiary/aromatic N) is 1. The van der Waals surface area contributed by atoms with E-state index in [1.807, 2.05) is 32.9 Å². The second-order valence-corrected chi connectivity index (χ2v) is 9.00. The molecule has 0 saturated heterocycles. The number of H-pyrrole nitrogens is 1. The Morgan fingerprint density at radius 2 is 1.56 bits per heavy atom. The number of nitrogens with one attached hydrogen (secondary N) is 3. The van der Waals surface area contributed by atoms with Crippen LogP contribution < -0.4 is 16.4 Å². The van der Waals surface area contributed by atoms with Gasteiger partial charge in [0.1, 0.15) is 5.84 Å². The Labute approximate surface area is 216 Å². The predicted molar refractivity (Wildman–Crippen MR) is 159 cm³/mol.